The molecule has 2 amide bonds. The second-order valence-electron chi connectivity index (χ2n) is 6.46. The molecule has 1 atom stereocenters. The lowest BCUT2D eigenvalue weighted by atomic mass is 10.1. The average molecular weight is 391 g/mol. The Balaban J connectivity index is 2.30. The molecule has 0 bridgehead atoms. The van der Waals surface area contributed by atoms with Crippen LogP contribution in [0.25, 0.3) is 0 Å². The number of benzene rings is 2. The normalized spacial score (nSPS) is 11.7. The number of rotatable bonds is 7. The number of carbonyl (C=O) groups excluding carboxylic acids is 2. The summed E-state index contributed by atoms with van der Waals surface area (Å²) in [4.78, 5) is 26.8. The van der Waals surface area contributed by atoms with Crippen molar-refractivity contribution in [3.05, 3.63) is 70.0 Å². The molecule has 0 saturated carbocycles. The van der Waals surface area contributed by atoms with Crippen LogP contribution >= 0.6 is 11.6 Å². The minimum Gasteiger partial charge on any atom is -0.355 e. The third-order valence-corrected chi connectivity index (χ3v) is 4.70. The van der Waals surface area contributed by atoms with Crippen LogP contribution in [0, 0.1) is 12.7 Å². The van der Waals surface area contributed by atoms with Crippen LogP contribution in [0.15, 0.2) is 42.5 Å². The number of carbonyl (C=O) groups is 2. The van der Waals surface area contributed by atoms with Crippen molar-refractivity contribution in [2.45, 2.75) is 39.8 Å². The number of nitrogens with zero attached hydrogens (tertiary/aromatic N) is 1. The van der Waals surface area contributed by atoms with E-state index in [1.807, 2.05) is 38.1 Å². The molecular weight excluding hydrogens is 367 g/mol. The number of hydrogen-bond donors (Lipinski definition) is 1. The Morgan fingerprint density at radius 3 is 2.56 bits per heavy atom. The molecule has 0 aliphatic carbocycles. The zero-order valence-electron chi connectivity index (χ0n) is 15.8. The van der Waals surface area contributed by atoms with Crippen LogP contribution < -0.4 is 5.32 Å². The van der Waals surface area contributed by atoms with Gasteiger partial charge in [0.1, 0.15) is 11.9 Å². The van der Waals surface area contributed by atoms with E-state index < -0.39 is 11.9 Å². The lowest BCUT2D eigenvalue weighted by molar-refractivity contribution is -0.140. The van der Waals surface area contributed by atoms with Crippen LogP contribution in [-0.4, -0.2) is 29.3 Å². The first-order valence-corrected chi connectivity index (χ1v) is 9.26. The minimum absolute atomic E-state index is 0.140. The van der Waals surface area contributed by atoms with Crippen LogP contribution in [-0.2, 0) is 22.6 Å². The Bertz CT molecular complexity index is 805. The van der Waals surface area contributed by atoms with E-state index in [1.54, 1.807) is 13.0 Å². The van der Waals surface area contributed by atoms with Gasteiger partial charge in [-0.25, -0.2) is 4.39 Å². The molecule has 0 aliphatic rings. The van der Waals surface area contributed by atoms with Gasteiger partial charge in [0, 0.05) is 23.7 Å². The smallest absolute Gasteiger partial charge is 0.242 e. The molecule has 0 spiro atoms. The first kappa shape index (κ1) is 20.9. The standard InChI is InChI=1S/C21H24ClFN2O2/c1-4-24-21(27)15(3)25(13-16-8-5-7-14(2)11-16)20(26)12-17-18(22)9-6-10-19(17)23/h5-11,15H,4,12-13H2,1-3H3,(H,24,27). The van der Waals surface area contributed by atoms with Crippen LogP contribution in [0.1, 0.15) is 30.5 Å². The molecule has 0 radical (unpaired) electrons. The monoisotopic (exact) mass is 390 g/mol. The fourth-order valence-corrected chi connectivity index (χ4v) is 3.10. The van der Waals surface area contributed by atoms with Gasteiger partial charge in [-0.05, 0) is 38.5 Å². The zero-order valence-corrected chi connectivity index (χ0v) is 16.5. The van der Waals surface area contributed by atoms with Crippen LogP contribution in [0.5, 0.6) is 0 Å². The molecule has 0 aromatic heterocycles. The van der Waals surface area contributed by atoms with Gasteiger partial charge in [-0.2, -0.15) is 0 Å². The van der Waals surface area contributed by atoms with E-state index in [0.717, 1.165) is 11.1 Å². The van der Waals surface area contributed by atoms with Gasteiger partial charge in [-0.1, -0.05) is 47.5 Å². The predicted octanol–water partition coefficient (Wildman–Crippen LogP) is 3.88. The third kappa shape index (κ3) is 5.54. The highest BCUT2D eigenvalue weighted by molar-refractivity contribution is 6.31. The summed E-state index contributed by atoms with van der Waals surface area (Å²) in [6, 6.07) is 11.3. The van der Waals surface area contributed by atoms with E-state index in [9.17, 15) is 14.0 Å². The van der Waals surface area contributed by atoms with Gasteiger partial charge in [0.15, 0.2) is 0 Å². The lowest BCUT2D eigenvalue weighted by Gasteiger charge is -2.29. The van der Waals surface area contributed by atoms with E-state index in [4.69, 9.17) is 11.6 Å². The SMILES string of the molecule is CCNC(=O)C(C)N(Cc1cccc(C)c1)C(=O)Cc1c(F)cccc1Cl. The van der Waals surface area contributed by atoms with Crippen LogP contribution in [0.2, 0.25) is 5.02 Å². The van der Waals surface area contributed by atoms with Crippen molar-refractivity contribution < 1.29 is 14.0 Å². The average Bonchev–Trinajstić information content (AvgIpc) is 2.62. The highest BCUT2D eigenvalue weighted by Crippen LogP contribution is 2.21. The van der Waals surface area contributed by atoms with Gasteiger partial charge in [0.2, 0.25) is 11.8 Å². The summed E-state index contributed by atoms with van der Waals surface area (Å²) in [6.07, 6.45) is -0.207. The van der Waals surface area contributed by atoms with Crippen molar-refractivity contribution in [3.63, 3.8) is 0 Å². The summed E-state index contributed by atoms with van der Waals surface area (Å²) < 4.78 is 14.1. The van der Waals surface area contributed by atoms with E-state index >= 15 is 0 Å². The summed E-state index contributed by atoms with van der Waals surface area (Å²) in [7, 11) is 0. The minimum atomic E-state index is -0.691. The Hall–Kier alpha value is -2.40. The summed E-state index contributed by atoms with van der Waals surface area (Å²) in [6.45, 7) is 6.17. The molecule has 4 nitrogen and oxygen atoms in total. The predicted molar refractivity (Wildman–Crippen MR) is 105 cm³/mol. The molecule has 0 saturated heterocycles. The second kappa shape index (κ2) is 9.51. The van der Waals surface area contributed by atoms with Crippen molar-refractivity contribution >= 4 is 23.4 Å². The van der Waals surface area contributed by atoms with Crippen molar-refractivity contribution in [1.82, 2.24) is 10.2 Å². The molecule has 1 unspecified atom stereocenters. The van der Waals surface area contributed by atoms with Crippen LogP contribution in [0.3, 0.4) is 0 Å². The van der Waals surface area contributed by atoms with Gasteiger partial charge in [0.25, 0.3) is 0 Å². The number of hydrogen-bond acceptors (Lipinski definition) is 2. The van der Waals surface area contributed by atoms with Crippen molar-refractivity contribution in [1.29, 1.82) is 0 Å². The molecule has 27 heavy (non-hydrogen) atoms. The molecule has 2 aromatic rings. The fourth-order valence-electron chi connectivity index (χ4n) is 2.87. The topological polar surface area (TPSA) is 49.4 Å². The van der Waals surface area contributed by atoms with Crippen molar-refractivity contribution in [2.24, 2.45) is 0 Å². The maximum Gasteiger partial charge on any atom is 0.242 e. The largest absolute Gasteiger partial charge is 0.355 e. The summed E-state index contributed by atoms with van der Waals surface area (Å²) in [5.74, 6) is -1.14. The first-order chi connectivity index (χ1) is 12.8. The molecule has 0 aliphatic heterocycles. The number of aryl methyl sites for hydroxylation is 1. The van der Waals surface area contributed by atoms with Crippen molar-refractivity contribution in [2.75, 3.05) is 6.54 Å². The fraction of sp³-hybridized carbons (Fsp3) is 0.333. The molecular formula is C21H24ClFN2O2. The number of nitrogens with one attached hydrogen (secondary N) is 1. The highest BCUT2D eigenvalue weighted by atomic mass is 35.5. The molecule has 0 heterocycles. The Labute approximate surface area is 164 Å². The van der Waals surface area contributed by atoms with E-state index in [2.05, 4.69) is 5.32 Å². The second-order valence-corrected chi connectivity index (χ2v) is 6.87. The lowest BCUT2D eigenvalue weighted by Crippen LogP contribution is -2.48. The quantitative estimate of drug-likeness (QED) is 0.779. The Morgan fingerprint density at radius 2 is 1.93 bits per heavy atom. The first-order valence-electron chi connectivity index (χ1n) is 8.89. The van der Waals surface area contributed by atoms with Gasteiger partial charge >= 0.3 is 0 Å². The molecule has 6 heteroatoms. The van der Waals surface area contributed by atoms with E-state index in [0.29, 0.717) is 6.54 Å². The maximum atomic E-state index is 14.1. The summed E-state index contributed by atoms with van der Waals surface area (Å²) in [5, 5.41) is 2.93. The van der Waals surface area contributed by atoms with Crippen molar-refractivity contribution in [3.8, 4) is 0 Å². The maximum absolute atomic E-state index is 14.1. The number of amides is 2. The molecule has 2 aromatic carbocycles. The van der Waals surface area contributed by atoms with Gasteiger partial charge < -0.3 is 10.2 Å². The highest BCUT2D eigenvalue weighted by Gasteiger charge is 2.27. The Kier molecular flexibility index (Phi) is 7.36. The van der Waals surface area contributed by atoms with E-state index in [-0.39, 0.29) is 35.4 Å². The summed E-state index contributed by atoms with van der Waals surface area (Å²) >= 11 is 6.06. The third-order valence-electron chi connectivity index (χ3n) is 4.34. The molecule has 0 fully saturated rings. The summed E-state index contributed by atoms with van der Waals surface area (Å²) in [5.41, 5.74) is 2.10. The van der Waals surface area contributed by atoms with Gasteiger partial charge in [0.05, 0.1) is 6.42 Å². The number of likely N-dealkylation sites (N-methyl/N-ethyl adjacent to an activating group) is 1. The molecule has 2 rings (SSSR count). The van der Waals surface area contributed by atoms with Crippen LogP contribution in [0.4, 0.5) is 4.39 Å². The number of halogens is 2. The Morgan fingerprint density at radius 1 is 1.22 bits per heavy atom. The van der Waals surface area contributed by atoms with E-state index in [1.165, 1.54) is 17.0 Å². The molecule has 144 valence electrons. The van der Waals surface area contributed by atoms with Gasteiger partial charge in [-0.15, -0.1) is 0 Å². The van der Waals surface area contributed by atoms with Gasteiger partial charge in [-0.3, -0.25) is 9.59 Å². The molecule has 1 N–H and O–H groups in total. The zero-order chi connectivity index (χ0) is 20.0.